The Morgan fingerprint density at radius 3 is 2.53 bits per heavy atom. The lowest BCUT2D eigenvalue weighted by molar-refractivity contribution is -0.384. The molecule has 0 aliphatic heterocycles. The monoisotopic (exact) mass is 267 g/mol. The fraction of sp³-hybridized carbons (Fsp3) is 0.273. The zero-order chi connectivity index (χ0) is 14.6. The number of rotatable bonds is 4. The van der Waals surface area contributed by atoms with Gasteiger partial charge in [-0.05, 0) is 25.5 Å². The Kier molecular flexibility index (Phi) is 4.41. The number of nitrogens with one attached hydrogen (secondary N) is 2. The molecule has 0 radical (unpaired) electrons. The molecule has 1 aromatic rings. The highest BCUT2D eigenvalue weighted by Gasteiger charge is 2.15. The molecule has 0 unspecified atom stereocenters. The summed E-state index contributed by atoms with van der Waals surface area (Å²) in [5, 5.41) is 23.8. The summed E-state index contributed by atoms with van der Waals surface area (Å²) in [6.07, 6.45) is 0. The number of carboxylic acid groups (broad SMARTS) is 1. The van der Waals surface area contributed by atoms with Crippen molar-refractivity contribution in [2.45, 2.75) is 19.9 Å². The first-order chi connectivity index (χ1) is 8.81. The van der Waals surface area contributed by atoms with E-state index < -0.39 is 23.0 Å². The molecular formula is C11H13N3O5. The molecule has 0 aliphatic rings. The number of carbonyl (C=O) groups is 2. The highest BCUT2D eigenvalue weighted by Crippen LogP contribution is 2.20. The maximum atomic E-state index is 11.5. The van der Waals surface area contributed by atoms with Crippen molar-refractivity contribution in [1.29, 1.82) is 0 Å². The normalized spacial score (nSPS) is 11.5. The summed E-state index contributed by atoms with van der Waals surface area (Å²) in [4.78, 5) is 32.0. The van der Waals surface area contributed by atoms with Crippen molar-refractivity contribution in [3.05, 3.63) is 33.9 Å². The van der Waals surface area contributed by atoms with E-state index in [1.165, 1.54) is 25.1 Å². The number of benzene rings is 1. The first kappa shape index (κ1) is 14.4. The second kappa shape index (κ2) is 5.80. The van der Waals surface area contributed by atoms with Gasteiger partial charge in [-0.1, -0.05) is 0 Å². The molecule has 8 heteroatoms. The van der Waals surface area contributed by atoms with Gasteiger partial charge in [-0.25, -0.2) is 4.79 Å². The van der Waals surface area contributed by atoms with Gasteiger partial charge in [-0.2, -0.15) is 0 Å². The second-order valence-corrected chi connectivity index (χ2v) is 3.91. The van der Waals surface area contributed by atoms with Crippen molar-refractivity contribution in [3.63, 3.8) is 0 Å². The highest BCUT2D eigenvalue weighted by molar-refractivity contribution is 5.92. The van der Waals surface area contributed by atoms with Gasteiger partial charge in [0.05, 0.1) is 4.92 Å². The summed E-state index contributed by atoms with van der Waals surface area (Å²) in [7, 11) is 0. The van der Waals surface area contributed by atoms with Gasteiger partial charge in [-0.3, -0.25) is 14.9 Å². The zero-order valence-corrected chi connectivity index (χ0v) is 10.3. The van der Waals surface area contributed by atoms with Crippen molar-refractivity contribution in [1.82, 2.24) is 5.32 Å². The Morgan fingerprint density at radius 2 is 2.05 bits per heavy atom. The molecule has 0 saturated carbocycles. The van der Waals surface area contributed by atoms with Gasteiger partial charge < -0.3 is 15.7 Å². The lowest BCUT2D eigenvalue weighted by Crippen LogP contribution is -2.40. The molecule has 2 amide bonds. The predicted octanol–water partition coefficient (Wildman–Crippen LogP) is 1.50. The van der Waals surface area contributed by atoms with Crippen LogP contribution in [0.15, 0.2) is 18.2 Å². The number of aliphatic carboxylic acids is 1. The number of carbonyl (C=O) groups excluding carboxylic acids is 1. The van der Waals surface area contributed by atoms with Crippen molar-refractivity contribution < 1.29 is 19.6 Å². The first-order valence-electron chi connectivity index (χ1n) is 5.36. The van der Waals surface area contributed by atoms with Crippen LogP contribution in [0.1, 0.15) is 12.5 Å². The van der Waals surface area contributed by atoms with Crippen LogP contribution in [0.2, 0.25) is 0 Å². The molecule has 3 N–H and O–H groups in total. The number of aryl methyl sites for hydroxylation is 1. The Bertz CT molecular complexity index is 529. The van der Waals surface area contributed by atoms with Crippen LogP contribution in [-0.2, 0) is 4.79 Å². The molecule has 19 heavy (non-hydrogen) atoms. The van der Waals surface area contributed by atoms with Gasteiger partial charge >= 0.3 is 12.0 Å². The molecule has 0 saturated heterocycles. The summed E-state index contributed by atoms with van der Waals surface area (Å²) >= 11 is 0. The summed E-state index contributed by atoms with van der Waals surface area (Å²) < 4.78 is 0. The molecule has 0 aliphatic carbocycles. The van der Waals surface area contributed by atoms with E-state index >= 15 is 0 Å². The third kappa shape index (κ3) is 3.95. The molecule has 0 spiro atoms. The molecule has 0 aromatic heterocycles. The first-order valence-corrected chi connectivity index (χ1v) is 5.36. The molecule has 0 bridgehead atoms. The van der Waals surface area contributed by atoms with Crippen LogP contribution in [0.5, 0.6) is 0 Å². The standard InChI is InChI=1S/C11H13N3O5/c1-6-5-8(14(18)19)3-4-9(6)13-11(17)12-7(2)10(15)16/h3-5,7H,1-2H3,(H,15,16)(H2,12,13,17)/t7-/m0/s1. The lowest BCUT2D eigenvalue weighted by atomic mass is 10.2. The van der Waals surface area contributed by atoms with Crippen LogP contribution < -0.4 is 10.6 Å². The highest BCUT2D eigenvalue weighted by atomic mass is 16.6. The maximum Gasteiger partial charge on any atom is 0.325 e. The summed E-state index contributed by atoms with van der Waals surface area (Å²) in [5.41, 5.74) is 0.801. The number of carboxylic acids is 1. The fourth-order valence-electron chi connectivity index (χ4n) is 1.32. The van der Waals surface area contributed by atoms with Gasteiger partial charge in [0.25, 0.3) is 5.69 Å². The molecule has 102 valence electrons. The minimum atomic E-state index is -1.16. The van der Waals surface area contributed by atoms with E-state index in [2.05, 4.69) is 10.6 Å². The van der Waals surface area contributed by atoms with Crippen molar-refractivity contribution in [2.24, 2.45) is 0 Å². The number of non-ortho nitro benzene ring substituents is 1. The molecule has 0 heterocycles. The van der Waals surface area contributed by atoms with Crippen molar-refractivity contribution >= 4 is 23.4 Å². The third-order valence-corrected chi connectivity index (χ3v) is 2.39. The summed E-state index contributed by atoms with van der Waals surface area (Å²) in [6.45, 7) is 2.92. The predicted molar refractivity (Wildman–Crippen MR) is 67.1 cm³/mol. The van der Waals surface area contributed by atoms with Crippen molar-refractivity contribution in [3.8, 4) is 0 Å². The van der Waals surface area contributed by atoms with E-state index in [9.17, 15) is 19.7 Å². The molecular weight excluding hydrogens is 254 g/mol. The SMILES string of the molecule is Cc1cc([N+](=O)[O-])ccc1NC(=O)N[C@@H](C)C(=O)O. The van der Waals surface area contributed by atoms with Crippen molar-refractivity contribution in [2.75, 3.05) is 5.32 Å². The van der Waals surface area contributed by atoms with Gasteiger partial charge in [-0.15, -0.1) is 0 Å². The van der Waals surface area contributed by atoms with E-state index in [4.69, 9.17) is 5.11 Å². The van der Waals surface area contributed by atoms with Crippen LogP contribution in [0.25, 0.3) is 0 Å². The molecule has 1 atom stereocenters. The number of hydrogen-bond acceptors (Lipinski definition) is 4. The molecule has 0 fully saturated rings. The second-order valence-electron chi connectivity index (χ2n) is 3.91. The minimum Gasteiger partial charge on any atom is -0.480 e. The number of nitro benzene ring substituents is 1. The average Bonchev–Trinajstić information content (AvgIpc) is 2.31. The van der Waals surface area contributed by atoms with E-state index in [1.54, 1.807) is 6.92 Å². The number of hydrogen-bond donors (Lipinski definition) is 3. The van der Waals surface area contributed by atoms with Gasteiger partial charge in [0, 0.05) is 17.8 Å². The fourth-order valence-corrected chi connectivity index (χ4v) is 1.32. The Labute approximate surface area is 108 Å². The Morgan fingerprint density at radius 1 is 1.42 bits per heavy atom. The van der Waals surface area contributed by atoms with Gasteiger partial charge in [0.1, 0.15) is 6.04 Å². The number of nitro groups is 1. The van der Waals surface area contributed by atoms with Crippen LogP contribution in [0, 0.1) is 17.0 Å². The Balaban J connectivity index is 2.75. The summed E-state index contributed by atoms with van der Waals surface area (Å²) in [6, 6.07) is 2.24. The van der Waals surface area contributed by atoms with Crippen LogP contribution >= 0.6 is 0 Å². The van der Waals surface area contributed by atoms with E-state index in [-0.39, 0.29) is 5.69 Å². The summed E-state index contributed by atoms with van der Waals surface area (Å²) in [5.74, 6) is -1.16. The third-order valence-electron chi connectivity index (χ3n) is 2.39. The number of anilines is 1. The van der Waals surface area contributed by atoms with E-state index in [0.29, 0.717) is 11.3 Å². The van der Waals surface area contributed by atoms with Crippen LogP contribution in [-0.4, -0.2) is 28.1 Å². The molecule has 8 nitrogen and oxygen atoms in total. The molecule has 1 aromatic carbocycles. The van der Waals surface area contributed by atoms with Gasteiger partial charge in [0.15, 0.2) is 0 Å². The van der Waals surface area contributed by atoms with E-state index in [0.717, 1.165) is 0 Å². The smallest absolute Gasteiger partial charge is 0.325 e. The van der Waals surface area contributed by atoms with Crippen LogP contribution in [0.3, 0.4) is 0 Å². The lowest BCUT2D eigenvalue weighted by Gasteiger charge is -2.12. The largest absolute Gasteiger partial charge is 0.480 e. The number of amides is 2. The number of urea groups is 1. The minimum absolute atomic E-state index is 0.0811. The topological polar surface area (TPSA) is 122 Å². The number of nitrogens with zero attached hydrogens (tertiary/aromatic N) is 1. The van der Waals surface area contributed by atoms with Gasteiger partial charge in [0.2, 0.25) is 0 Å². The van der Waals surface area contributed by atoms with Crippen LogP contribution in [0.4, 0.5) is 16.2 Å². The quantitative estimate of drug-likeness (QED) is 0.563. The maximum absolute atomic E-state index is 11.5. The molecule has 1 rings (SSSR count). The van der Waals surface area contributed by atoms with E-state index in [1.807, 2.05) is 0 Å². The zero-order valence-electron chi connectivity index (χ0n) is 10.3. The average molecular weight is 267 g/mol. The Hall–Kier alpha value is -2.64.